The third-order valence-electron chi connectivity index (χ3n) is 4.17. The van der Waals surface area contributed by atoms with Gasteiger partial charge in [-0.25, -0.2) is 4.98 Å². The Balaban J connectivity index is 1.70. The molecule has 1 aromatic heterocycles. The van der Waals surface area contributed by atoms with Crippen molar-refractivity contribution < 1.29 is 14.3 Å². The van der Waals surface area contributed by atoms with Gasteiger partial charge in [-0.05, 0) is 23.6 Å². The van der Waals surface area contributed by atoms with E-state index >= 15 is 0 Å². The number of hydrogen-bond acceptors (Lipinski definition) is 5. The van der Waals surface area contributed by atoms with Gasteiger partial charge in [0.15, 0.2) is 0 Å². The maximum absolute atomic E-state index is 12.0. The molecule has 0 saturated carbocycles. The van der Waals surface area contributed by atoms with Gasteiger partial charge in [-0.2, -0.15) is 0 Å². The van der Waals surface area contributed by atoms with Crippen molar-refractivity contribution in [3.63, 3.8) is 0 Å². The molecule has 26 heavy (non-hydrogen) atoms. The summed E-state index contributed by atoms with van der Waals surface area (Å²) in [7, 11) is 0. The van der Waals surface area contributed by atoms with Crippen LogP contribution in [0.1, 0.15) is 25.8 Å². The number of rotatable bonds is 10. The van der Waals surface area contributed by atoms with E-state index in [4.69, 9.17) is 15.2 Å². The average Bonchev–Trinajstić information content (AvgIpc) is 2.69. The van der Waals surface area contributed by atoms with Gasteiger partial charge in [0.25, 0.3) is 0 Å². The number of nitrogens with two attached hydrogens (primary N) is 1. The van der Waals surface area contributed by atoms with Gasteiger partial charge in [-0.15, -0.1) is 0 Å². The molecule has 0 radical (unpaired) electrons. The Morgan fingerprint density at radius 1 is 1.15 bits per heavy atom. The molecule has 0 spiro atoms. The second kappa shape index (κ2) is 10.4. The van der Waals surface area contributed by atoms with Crippen molar-refractivity contribution in [3.05, 3.63) is 54.2 Å². The smallest absolute Gasteiger partial charge is 0.237 e. The predicted molar refractivity (Wildman–Crippen MR) is 101 cm³/mol. The molecule has 1 aromatic carbocycles. The number of aromatic nitrogens is 1. The minimum Gasteiger partial charge on any atom is -0.490 e. The van der Waals surface area contributed by atoms with Crippen LogP contribution in [0.5, 0.6) is 11.6 Å². The van der Waals surface area contributed by atoms with Gasteiger partial charge in [0.2, 0.25) is 11.8 Å². The number of nitrogens with one attached hydrogen (secondary N) is 1. The first-order valence-corrected chi connectivity index (χ1v) is 8.89. The summed E-state index contributed by atoms with van der Waals surface area (Å²) >= 11 is 0. The van der Waals surface area contributed by atoms with Gasteiger partial charge in [-0.3, -0.25) is 4.79 Å². The highest BCUT2D eigenvalue weighted by Gasteiger charge is 2.18. The molecule has 3 N–H and O–H groups in total. The maximum atomic E-state index is 12.0. The van der Waals surface area contributed by atoms with Crippen molar-refractivity contribution in [3.8, 4) is 11.6 Å². The lowest BCUT2D eigenvalue weighted by atomic mass is 9.99. The third-order valence-corrected chi connectivity index (χ3v) is 4.17. The van der Waals surface area contributed by atoms with Crippen LogP contribution in [0, 0.1) is 5.92 Å². The van der Waals surface area contributed by atoms with Gasteiger partial charge in [0, 0.05) is 18.8 Å². The summed E-state index contributed by atoms with van der Waals surface area (Å²) in [5.74, 6) is 1.35. The molecule has 140 valence electrons. The van der Waals surface area contributed by atoms with Crippen molar-refractivity contribution in [2.45, 2.75) is 32.9 Å². The second-order valence-electron chi connectivity index (χ2n) is 6.14. The highest BCUT2D eigenvalue weighted by molar-refractivity contribution is 5.81. The van der Waals surface area contributed by atoms with Crippen LogP contribution in [-0.4, -0.2) is 30.1 Å². The number of hydrogen-bond donors (Lipinski definition) is 2. The second-order valence-corrected chi connectivity index (χ2v) is 6.14. The van der Waals surface area contributed by atoms with Gasteiger partial charge in [-0.1, -0.05) is 44.5 Å². The molecule has 0 aliphatic heterocycles. The molecule has 6 nitrogen and oxygen atoms in total. The lowest BCUT2D eigenvalue weighted by Gasteiger charge is -2.17. The fourth-order valence-corrected chi connectivity index (χ4v) is 2.24. The Kier molecular flexibility index (Phi) is 7.89. The van der Waals surface area contributed by atoms with E-state index in [9.17, 15) is 4.79 Å². The highest BCUT2D eigenvalue weighted by atomic mass is 16.5. The summed E-state index contributed by atoms with van der Waals surface area (Å²) in [6.45, 7) is 5.23. The molecule has 6 heteroatoms. The Hall–Kier alpha value is -2.60. The molecule has 0 fully saturated rings. The Morgan fingerprint density at radius 2 is 1.88 bits per heavy atom. The first kappa shape index (κ1) is 19.7. The molecule has 1 amide bonds. The van der Waals surface area contributed by atoms with Crippen molar-refractivity contribution in [1.82, 2.24) is 10.3 Å². The zero-order valence-corrected chi connectivity index (χ0v) is 15.4. The maximum Gasteiger partial charge on any atom is 0.237 e. The Labute approximate surface area is 154 Å². The summed E-state index contributed by atoms with van der Waals surface area (Å²) in [4.78, 5) is 16.2. The van der Waals surface area contributed by atoms with Gasteiger partial charge >= 0.3 is 0 Å². The van der Waals surface area contributed by atoms with Crippen LogP contribution in [0.4, 0.5) is 0 Å². The fourth-order valence-electron chi connectivity index (χ4n) is 2.24. The molecule has 2 unspecified atom stereocenters. The van der Waals surface area contributed by atoms with E-state index in [0.717, 1.165) is 17.7 Å². The van der Waals surface area contributed by atoms with Gasteiger partial charge < -0.3 is 20.5 Å². The Morgan fingerprint density at radius 3 is 2.54 bits per heavy atom. The first-order chi connectivity index (χ1) is 12.6. The highest BCUT2D eigenvalue weighted by Crippen LogP contribution is 2.10. The number of amides is 1. The van der Waals surface area contributed by atoms with Crippen LogP contribution in [0.25, 0.3) is 0 Å². The molecule has 1 heterocycles. The van der Waals surface area contributed by atoms with Crippen molar-refractivity contribution in [2.75, 3.05) is 13.2 Å². The van der Waals surface area contributed by atoms with E-state index in [2.05, 4.69) is 10.3 Å². The zero-order chi connectivity index (χ0) is 18.8. The SMILES string of the molecule is CCC(C)C(N)C(=O)NCc1ccc(OCCOc2ccccc2)nc1. The van der Waals surface area contributed by atoms with Gasteiger partial charge in [0.1, 0.15) is 19.0 Å². The van der Waals surface area contributed by atoms with Crippen LogP contribution >= 0.6 is 0 Å². The number of benzene rings is 1. The summed E-state index contributed by atoms with van der Waals surface area (Å²) in [6, 6.07) is 12.7. The molecule has 0 aliphatic carbocycles. The monoisotopic (exact) mass is 357 g/mol. The molecule has 2 atom stereocenters. The largest absolute Gasteiger partial charge is 0.490 e. The van der Waals surface area contributed by atoms with E-state index in [1.807, 2.05) is 50.2 Å². The number of pyridine rings is 1. The van der Waals surface area contributed by atoms with Crippen LogP contribution in [0.2, 0.25) is 0 Å². The molecule has 0 aliphatic rings. The number of para-hydroxylation sites is 1. The summed E-state index contributed by atoms with van der Waals surface area (Å²) < 4.78 is 11.1. The van der Waals surface area contributed by atoms with E-state index < -0.39 is 6.04 Å². The quantitative estimate of drug-likeness (QED) is 0.638. The van der Waals surface area contributed by atoms with Gasteiger partial charge in [0.05, 0.1) is 6.04 Å². The predicted octanol–water partition coefficient (Wildman–Crippen LogP) is 2.53. The standard InChI is InChI=1S/C20H27N3O3/c1-3-15(2)19(21)20(24)23-14-16-9-10-18(22-13-16)26-12-11-25-17-7-5-4-6-8-17/h4-10,13,15,19H,3,11-12,14,21H2,1-2H3,(H,23,24). The lowest BCUT2D eigenvalue weighted by molar-refractivity contribution is -0.123. The topological polar surface area (TPSA) is 86.5 Å². The third kappa shape index (κ3) is 6.37. The molecule has 2 aromatic rings. The van der Waals surface area contributed by atoms with Crippen LogP contribution in [-0.2, 0) is 11.3 Å². The lowest BCUT2D eigenvalue weighted by Crippen LogP contribution is -2.44. The first-order valence-electron chi connectivity index (χ1n) is 8.89. The van der Waals surface area contributed by atoms with E-state index in [0.29, 0.717) is 25.6 Å². The average molecular weight is 357 g/mol. The number of carbonyl (C=O) groups is 1. The van der Waals surface area contributed by atoms with Crippen molar-refractivity contribution >= 4 is 5.91 Å². The van der Waals surface area contributed by atoms with Crippen LogP contribution in [0.3, 0.4) is 0 Å². The van der Waals surface area contributed by atoms with Crippen molar-refractivity contribution in [2.24, 2.45) is 11.7 Å². The molecular weight excluding hydrogens is 330 g/mol. The Bertz CT molecular complexity index is 662. The van der Waals surface area contributed by atoms with E-state index in [-0.39, 0.29) is 11.8 Å². The molecule has 0 bridgehead atoms. The summed E-state index contributed by atoms with van der Waals surface area (Å²) in [6.07, 6.45) is 2.55. The zero-order valence-electron chi connectivity index (χ0n) is 15.4. The molecule has 0 saturated heterocycles. The van der Waals surface area contributed by atoms with E-state index in [1.54, 1.807) is 12.3 Å². The number of ether oxygens (including phenoxy) is 2. The van der Waals surface area contributed by atoms with Crippen LogP contribution < -0.4 is 20.5 Å². The summed E-state index contributed by atoms with van der Waals surface area (Å²) in [5, 5.41) is 2.84. The molecular formula is C20H27N3O3. The fraction of sp³-hybridized carbons (Fsp3) is 0.400. The van der Waals surface area contributed by atoms with Crippen LogP contribution in [0.15, 0.2) is 48.7 Å². The number of carbonyl (C=O) groups excluding carboxylic acids is 1. The van der Waals surface area contributed by atoms with Crippen molar-refractivity contribution in [1.29, 1.82) is 0 Å². The van der Waals surface area contributed by atoms with E-state index in [1.165, 1.54) is 0 Å². The summed E-state index contributed by atoms with van der Waals surface area (Å²) in [5.41, 5.74) is 6.80. The number of nitrogens with zero attached hydrogens (tertiary/aromatic N) is 1. The minimum atomic E-state index is -0.486. The molecule has 2 rings (SSSR count). The normalized spacial score (nSPS) is 12.9. The minimum absolute atomic E-state index is 0.141.